The van der Waals surface area contributed by atoms with Crippen molar-refractivity contribution in [3.8, 4) is 11.4 Å². The van der Waals surface area contributed by atoms with Gasteiger partial charge in [-0.3, -0.25) is 4.79 Å². The number of aromatic nitrogens is 4. The van der Waals surface area contributed by atoms with E-state index in [2.05, 4.69) is 36.0 Å². The highest BCUT2D eigenvalue weighted by Gasteiger charge is 2.11. The van der Waals surface area contributed by atoms with Gasteiger partial charge in [-0.2, -0.15) is 4.98 Å². The summed E-state index contributed by atoms with van der Waals surface area (Å²) in [5.41, 5.74) is 1.45. The van der Waals surface area contributed by atoms with E-state index in [0.29, 0.717) is 32.8 Å². The highest BCUT2D eigenvalue weighted by Crippen LogP contribution is 2.23. The Morgan fingerprint density at radius 1 is 1.21 bits per heavy atom. The van der Waals surface area contributed by atoms with E-state index in [1.54, 1.807) is 0 Å². The molecule has 1 N–H and O–H groups in total. The maximum absolute atomic E-state index is 11.9. The van der Waals surface area contributed by atoms with E-state index >= 15 is 0 Å². The summed E-state index contributed by atoms with van der Waals surface area (Å²) in [6.07, 6.45) is 0. The fourth-order valence-electron chi connectivity index (χ4n) is 2.08. The molecule has 0 radical (unpaired) electrons. The molecule has 0 aliphatic carbocycles. The first-order valence-corrected chi connectivity index (χ1v) is 9.54. The molecule has 3 heterocycles. The fraction of sp³-hybridized carbons (Fsp3) is 0.0667. The Balaban J connectivity index is 1.51. The van der Waals surface area contributed by atoms with Gasteiger partial charge < -0.3 is 9.51 Å². The van der Waals surface area contributed by atoms with Gasteiger partial charge in [0.2, 0.25) is 11.7 Å². The van der Waals surface area contributed by atoms with Crippen LogP contribution in [-0.4, -0.2) is 20.1 Å². The quantitative estimate of drug-likeness (QED) is 0.395. The normalized spacial score (nSPS) is 11.2. The molecule has 0 aliphatic heterocycles. The summed E-state index contributed by atoms with van der Waals surface area (Å²) in [6, 6.07) is 9.50. The first-order chi connectivity index (χ1) is 11.7. The summed E-state index contributed by atoms with van der Waals surface area (Å²) in [5.74, 6) is 1.45. The molecule has 0 amide bonds. The van der Waals surface area contributed by atoms with E-state index in [1.807, 2.05) is 35.7 Å². The average Bonchev–Trinajstić information content (AvgIpc) is 3.23. The minimum Gasteiger partial charge on any atom is -0.338 e. The van der Waals surface area contributed by atoms with Crippen LogP contribution in [0.5, 0.6) is 0 Å². The second-order valence-corrected chi connectivity index (χ2v) is 7.61. The molecule has 120 valence electrons. The highest BCUT2D eigenvalue weighted by molar-refractivity contribution is 9.10. The van der Waals surface area contributed by atoms with Crippen LogP contribution in [0.1, 0.15) is 5.89 Å². The molecule has 0 bridgehead atoms. The number of benzene rings is 1. The zero-order valence-electron chi connectivity index (χ0n) is 12.0. The lowest BCUT2D eigenvalue weighted by molar-refractivity contribution is 0.391. The summed E-state index contributed by atoms with van der Waals surface area (Å²) in [4.78, 5) is 23.5. The van der Waals surface area contributed by atoms with Gasteiger partial charge in [0.15, 0.2) is 5.16 Å². The van der Waals surface area contributed by atoms with E-state index in [1.165, 1.54) is 23.1 Å². The summed E-state index contributed by atoms with van der Waals surface area (Å²) in [7, 11) is 0. The Labute approximate surface area is 152 Å². The van der Waals surface area contributed by atoms with Crippen molar-refractivity contribution in [1.29, 1.82) is 0 Å². The number of rotatable bonds is 4. The van der Waals surface area contributed by atoms with Crippen molar-refractivity contribution in [1.82, 2.24) is 20.1 Å². The van der Waals surface area contributed by atoms with Gasteiger partial charge in [0.05, 0.1) is 11.3 Å². The van der Waals surface area contributed by atoms with Gasteiger partial charge in [0, 0.05) is 10.0 Å². The second kappa shape index (κ2) is 6.50. The SMILES string of the molecule is O=c1[nH]c(SCc2nc(-c3ccc(Br)cc3)no2)nc2ccsc12. The van der Waals surface area contributed by atoms with Crippen molar-refractivity contribution in [3.05, 3.63) is 56.4 Å². The number of aromatic amines is 1. The smallest absolute Gasteiger partial charge is 0.269 e. The summed E-state index contributed by atoms with van der Waals surface area (Å²) < 4.78 is 6.89. The van der Waals surface area contributed by atoms with E-state index in [4.69, 9.17) is 4.52 Å². The van der Waals surface area contributed by atoms with Crippen LogP contribution in [-0.2, 0) is 5.75 Å². The van der Waals surface area contributed by atoms with Crippen molar-refractivity contribution in [2.45, 2.75) is 10.9 Å². The Morgan fingerprint density at radius 2 is 2.04 bits per heavy atom. The minimum atomic E-state index is -0.126. The molecule has 0 atom stereocenters. The van der Waals surface area contributed by atoms with Crippen LogP contribution in [0.25, 0.3) is 21.6 Å². The van der Waals surface area contributed by atoms with Gasteiger partial charge >= 0.3 is 0 Å². The number of halogens is 1. The van der Waals surface area contributed by atoms with Crippen LogP contribution in [0.3, 0.4) is 0 Å². The largest absolute Gasteiger partial charge is 0.338 e. The fourth-order valence-corrected chi connectivity index (χ4v) is 3.77. The van der Waals surface area contributed by atoms with E-state index in [9.17, 15) is 4.79 Å². The number of thioether (sulfide) groups is 1. The topological polar surface area (TPSA) is 84.7 Å². The second-order valence-electron chi connectivity index (χ2n) is 4.81. The molecule has 4 rings (SSSR count). The zero-order valence-corrected chi connectivity index (χ0v) is 15.2. The molecule has 0 saturated heterocycles. The molecule has 0 saturated carbocycles. The van der Waals surface area contributed by atoms with Crippen molar-refractivity contribution in [2.75, 3.05) is 0 Å². The van der Waals surface area contributed by atoms with Crippen molar-refractivity contribution >= 4 is 49.2 Å². The molecule has 0 spiro atoms. The molecule has 0 fully saturated rings. The number of hydrogen-bond donors (Lipinski definition) is 1. The molecule has 4 aromatic rings. The lowest BCUT2D eigenvalue weighted by Crippen LogP contribution is -2.07. The van der Waals surface area contributed by atoms with Gasteiger partial charge in [-0.15, -0.1) is 11.3 Å². The molecule has 0 unspecified atom stereocenters. The molecule has 6 nitrogen and oxygen atoms in total. The first-order valence-electron chi connectivity index (χ1n) is 6.88. The van der Waals surface area contributed by atoms with Crippen LogP contribution in [0.2, 0.25) is 0 Å². The van der Waals surface area contributed by atoms with Gasteiger partial charge in [0.25, 0.3) is 5.56 Å². The van der Waals surface area contributed by atoms with Crippen molar-refractivity contribution in [3.63, 3.8) is 0 Å². The lowest BCUT2D eigenvalue weighted by atomic mass is 10.2. The Bertz CT molecular complexity index is 1060. The standard InChI is InChI=1S/C15H9BrN4O2S2/c16-9-3-1-8(2-4-9)13-18-11(22-20-13)7-24-15-17-10-5-6-23-12(10)14(21)19-15/h1-6H,7H2,(H,17,19,21). The number of nitrogens with zero attached hydrogens (tertiary/aromatic N) is 3. The predicted octanol–water partition coefficient (Wildman–Crippen LogP) is 4.09. The van der Waals surface area contributed by atoms with Crippen LogP contribution in [0.4, 0.5) is 0 Å². The molecule has 0 aliphatic rings. The molecule has 3 aromatic heterocycles. The first kappa shape index (κ1) is 15.6. The number of fused-ring (bicyclic) bond motifs is 1. The summed E-state index contributed by atoms with van der Waals surface area (Å²) in [6.45, 7) is 0. The third-order valence-corrected chi connectivity index (χ3v) is 5.49. The number of nitrogens with one attached hydrogen (secondary N) is 1. The Kier molecular flexibility index (Phi) is 4.21. The van der Waals surface area contributed by atoms with E-state index < -0.39 is 0 Å². The third kappa shape index (κ3) is 3.14. The molecule has 1 aromatic carbocycles. The molecular weight excluding hydrogens is 412 g/mol. The molecule has 9 heteroatoms. The minimum absolute atomic E-state index is 0.126. The van der Waals surface area contributed by atoms with Gasteiger partial charge in [0.1, 0.15) is 4.70 Å². The predicted molar refractivity (Wildman–Crippen MR) is 97.2 cm³/mol. The van der Waals surface area contributed by atoms with Crippen molar-refractivity contribution in [2.24, 2.45) is 0 Å². The average molecular weight is 421 g/mol. The van der Waals surface area contributed by atoms with Gasteiger partial charge in [-0.05, 0) is 35.7 Å². The van der Waals surface area contributed by atoms with E-state index in [0.717, 1.165) is 10.0 Å². The Hall–Kier alpha value is -1.97. The summed E-state index contributed by atoms with van der Waals surface area (Å²) >= 11 is 6.12. The van der Waals surface area contributed by atoms with Gasteiger partial charge in [-0.1, -0.05) is 32.8 Å². The molecule has 24 heavy (non-hydrogen) atoms. The van der Waals surface area contributed by atoms with E-state index in [-0.39, 0.29) is 5.56 Å². The maximum Gasteiger partial charge on any atom is 0.269 e. The number of H-pyrrole nitrogens is 1. The van der Waals surface area contributed by atoms with Crippen LogP contribution in [0, 0.1) is 0 Å². The summed E-state index contributed by atoms with van der Waals surface area (Å²) in [5, 5.41) is 6.37. The monoisotopic (exact) mass is 420 g/mol. The number of thiophene rings is 1. The van der Waals surface area contributed by atoms with Crippen LogP contribution in [0.15, 0.2) is 54.7 Å². The molecular formula is C15H9BrN4O2S2. The van der Waals surface area contributed by atoms with Crippen LogP contribution >= 0.6 is 39.0 Å². The Morgan fingerprint density at radius 3 is 2.88 bits per heavy atom. The van der Waals surface area contributed by atoms with Crippen molar-refractivity contribution < 1.29 is 4.52 Å². The zero-order chi connectivity index (χ0) is 16.5. The maximum atomic E-state index is 11.9. The van der Waals surface area contributed by atoms with Gasteiger partial charge in [-0.25, -0.2) is 4.98 Å². The highest BCUT2D eigenvalue weighted by atomic mass is 79.9. The number of hydrogen-bond acceptors (Lipinski definition) is 7. The lowest BCUT2D eigenvalue weighted by Gasteiger charge is -1.97. The third-order valence-electron chi connectivity index (χ3n) is 3.20. The van der Waals surface area contributed by atoms with Crippen LogP contribution < -0.4 is 5.56 Å².